The predicted molar refractivity (Wildman–Crippen MR) is 88.6 cm³/mol. The summed E-state index contributed by atoms with van der Waals surface area (Å²) in [5.41, 5.74) is -0.0410. The fraction of sp³-hybridized carbons (Fsp3) is 0.842. The Morgan fingerprint density at radius 3 is 2.26 bits per heavy atom. The number of nitrogens with zero attached hydrogens (tertiary/aromatic N) is 1. The summed E-state index contributed by atoms with van der Waals surface area (Å²) in [6, 6.07) is 0. The molecule has 0 spiro atoms. The quantitative estimate of drug-likeness (QED) is 0.805. The maximum atomic E-state index is 12.8. The number of nitrogens with one attached hydrogen (secondary N) is 1. The van der Waals surface area contributed by atoms with Gasteiger partial charge in [-0.25, -0.2) is 0 Å². The van der Waals surface area contributed by atoms with Gasteiger partial charge in [0.2, 0.25) is 5.91 Å². The second-order valence-corrected chi connectivity index (χ2v) is 8.12. The van der Waals surface area contributed by atoms with E-state index in [1.807, 2.05) is 0 Å². The summed E-state index contributed by atoms with van der Waals surface area (Å²) >= 11 is 0. The lowest BCUT2D eigenvalue weighted by Gasteiger charge is -2.55. The highest BCUT2D eigenvalue weighted by atomic mass is 16.5. The van der Waals surface area contributed by atoms with E-state index in [0.717, 1.165) is 69.9 Å². The Balaban J connectivity index is 1.26. The van der Waals surface area contributed by atoms with Crippen molar-refractivity contribution in [1.29, 1.82) is 0 Å². The number of amides is 1. The Morgan fingerprint density at radius 2 is 1.65 bits per heavy atom. The van der Waals surface area contributed by atoms with Crippen molar-refractivity contribution in [3.8, 4) is 11.8 Å². The van der Waals surface area contributed by atoms with Crippen LogP contribution in [0.25, 0.3) is 0 Å². The van der Waals surface area contributed by atoms with E-state index in [9.17, 15) is 4.79 Å². The minimum Gasteiger partial charge on any atom is -0.379 e. The van der Waals surface area contributed by atoms with Crippen molar-refractivity contribution < 1.29 is 9.53 Å². The number of carbonyl (C=O) groups excluding carboxylic acids is 1. The Bertz CT molecular complexity index is 478. The number of hydrogen-bond donors (Lipinski definition) is 1. The molecule has 23 heavy (non-hydrogen) atoms. The fourth-order valence-electron chi connectivity index (χ4n) is 5.69. The molecular formula is C19H28N2O2. The van der Waals surface area contributed by atoms with Crippen LogP contribution >= 0.6 is 0 Å². The second-order valence-electron chi connectivity index (χ2n) is 8.12. The van der Waals surface area contributed by atoms with Crippen LogP contribution in [0.1, 0.15) is 38.5 Å². The summed E-state index contributed by atoms with van der Waals surface area (Å²) < 4.78 is 5.33. The van der Waals surface area contributed by atoms with Crippen LogP contribution in [0.2, 0.25) is 0 Å². The number of ether oxygens (including phenoxy) is 1. The summed E-state index contributed by atoms with van der Waals surface area (Å²) in [6.07, 6.45) is 7.54. The van der Waals surface area contributed by atoms with Gasteiger partial charge in [-0.1, -0.05) is 11.8 Å². The first-order valence-corrected chi connectivity index (χ1v) is 9.28. The molecule has 1 heterocycles. The molecule has 5 fully saturated rings. The van der Waals surface area contributed by atoms with Gasteiger partial charge < -0.3 is 10.1 Å². The topological polar surface area (TPSA) is 41.6 Å². The Morgan fingerprint density at radius 1 is 1.04 bits per heavy atom. The van der Waals surface area contributed by atoms with Gasteiger partial charge in [0.1, 0.15) is 0 Å². The molecule has 4 nitrogen and oxygen atoms in total. The molecule has 5 aliphatic rings. The Kier molecular flexibility index (Phi) is 4.34. The first-order valence-electron chi connectivity index (χ1n) is 9.28. The summed E-state index contributed by atoms with van der Waals surface area (Å²) in [5.74, 6) is 9.07. The molecule has 1 amide bonds. The van der Waals surface area contributed by atoms with Gasteiger partial charge >= 0.3 is 0 Å². The van der Waals surface area contributed by atoms with Gasteiger partial charge in [-0.2, -0.15) is 0 Å². The molecule has 1 aliphatic heterocycles. The lowest BCUT2D eigenvalue weighted by Crippen LogP contribution is -2.53. The standard InChI is InChI=1S/C19H28N2O2/c22-18(20-3-1-2-4-21-5-7-23-8-6-21)19-12-15-9-16(13-19)11-17(10-15)14-19/h15-17H,3-14H2,(H,20,22). The van der Waals surface area contributed by atoms with E-state index in [1.165, 1.54) is 19.3 Å². The van der Waals surface area contributed by atoms with Gasteiger partial charge in [0.05, 0.1) is 26.3 Å². The third-order valence-corrected chi connectivity index (χ3v) is 6.39. The molecular weight excluding hydrogens is 288 g/mol. The molecule has 0 aromatic rings. The lowest BCUT2D eigenvalue weighted by molar-refractivity contribution is -0.145. The zero-order valence-electron chi connectivity index (χ0n) is 14.0. The van der Waals surface area contributed by atoms with Crippen LogP contribution in [0.5, 0.6) is 0 Å². The first kappa shape index (κ1) is 15.5. The molecule has 4 bridgehead atoms. The number of rotatable bonds is 3. The molecule has 0 atom stereocenters. The molecule has 0 radical (unpaired) electrons. The van der Waals surface area contributed by atoms with Gasteiger partial charge in [-0.05, 0) is 56.3 Å². The summed E-state index contributed by atoms with van der Waals surface area (Å²) in [6.45, 7) is 4.85. The normalized spacial score (nSPS) is 38.9. The van der Waals surface area contributed by atoms with Crippen molar-refractivity contribution in [2.45, 2.75) is 38.5 Å². The molecule has 0 aromatic carbocycles. The van der Waals surface area contributed by atoms with E-state index >= 15 is 0 Å². The van der Waals surface area contributed by atoms with E-state index in [2.05, 4.69) is 22.1 Å². The van der Waals surface area contributed by atoms with Crippen LogP contribution in [0.4, 0.5) is 0 Å². The number of morpholine rings is 1. The van der Waals surface area contributed by atoms with Gasteiger partial charge in [0, 0.05) is 18.5 Å². The molecule has 4 heteroatoms. The average molecular weight is 316 g/mol. The molecule has 0 unspecified atom stereocenters. The highest BCUT2D eigenvalue weighted by molar-refractivity contribution is 5.83. The largest absolute Gasteiger partial charge is 0.379 e. The first-order chi connectivity index (χ1) is 11.2. The Labute approximate surface area is 139 Å². The van der Waals surface area contributed by atoms with Gasteiger partial charge in [0.15, 0.2) is 0 Å². The molecule has 126 valence electrons. The maximum Gasteiger partial charge on any atom is 0.226 e. The predicted octanol–water partition coefficient (Wildman–Crippen LogP) is 1.65. The summed E-state index contributed by atoms with van der Waals surface area (Å²) in [4.78, 5) is 15.1. The highest BCUT2D eigenvalue weighted by Crippen LogP contribution is 2.60. The van der Waals surface area contributed by atoms with Crippen LogP contribution in [0.15, 0.2) is 0 Å². The average Bonchev–Trinajstić information content (AvgIpc) is 2.54. The van der Waals surface area contributed by atoms with E-state index in [-0.39, 0.29) is 11.3 Å². The summed E-state index contributed by atoms with van der Waals surface area (Å²) in [5, 5.41) is 3.12. The third kappa shape index (κ3) is 3.27. The van der Waals surface area contributed by atoms with Crippen molar-refractivity contribution in [2.24, 2.45) is 23.2 Å². The molecule has 0 aromatic heterocycles. The van der Waals surface area contributed by atoms with Crippen LogP contribution in [0, 0.1) is 35.0 Å². The number of hydrogen-bond acceptors (Lipinski definition) is 3. The van der Waals surface area contributed by atoms with E-state index < -0.39 is 0 Å². The van der Waals surface area contributed by atoms with Crippen molar-refractivity contribution in [1.82, 2.24) is 10.2 Å². The van der Waals surface area contributed by atoms with Crippen LogP contribution in [-0.2, 0) is 9.53 Å². The van der Waals surface area contributed by atoms with E-state index in [0.29, 0.717) is 6.54 Å². The van der Waals surface area contributed by atoms with Crippen molar-refractivity contribution in [3.63, 3.8) is 0 Å². The van der Waals surface area contributed by atoms with Crippen LogP contribution in [0.3, 0.4) is 0 Å². The maximum absolute atomic E-state index is 12.8. The smallest absolute Gasteiger partial charge is 0.226 e. The minimum absolute atomic E-state index is 0.0410. The van der Waals surface area contributed by atoms with Crippen molar-refractivity contribution in [2.75, 3.05) is 39.4 Å². The minimum atomic E-state index is -0.0410. The van der Waals surface area contributed by atoms with Crippen LogP contribution < -0.4 is 5.32 Å². The SMILES string of the molecule is O=C(NCC#CCN1CCOCC1)C12CC3CC(CC(C3)C1)C2. The lowest BCUT2D eigenvalue weighted by atomic mass is 9.49. The molecule has 4 saturated carbocycles. The third-order valence-electron chi connectivity index (χ3n) is 6.39. The van der Waals surface area contributed by atoms with Crippen LogP contribution in [-0.4, -0.2) is 50.2 Å². The molecule has 5 rings (SSSR count). The van der Waals surface area contributed by atoms with E-state index in [4.69, 9.17) is 4.74 Å². The molecule has 1 N–H and O–H groups in total. The second kappa shape index (κ2) is 6.45. The number of carbonyl (C=O) groups is 1. The highest BCUT2D eigenvalue weighted by Gasteiger charge is 2.54. The molecule has 4 aliphatic carbocycles. The monoisotopic (exact) mass is 316 g/mol. The fourth-order valence-corrected chi connectivity index (χ4v) is 5.69. The Hall–Kier alpha value is -1.05. The molecule has 1 saturated heterocycles. The van der Waals surface area contributed by atoms with Crippen molar-refractivity contribution >= 4 is 5.91 Å². The van der Waals surface area contributed by atoms with Gasteiger partial charge in [-0.3, -0.25) is 9.69 Å². The van der Waals surface area contributed by atoms with Gasteiger partial charge in [0.25, 0.3) is 0 Å². The van der Waals surface area contributed by atoms with Crippen molar-refractivity contribution in [3.05, 3.63) is 0 Å². The zero-order valence-corrected chi connectivity index (χ0v) is 14.0. The van der Waals surface area contributed by atoms with Gasteiger partial charge in [-0.15, -0.1) is 0 Å². The van der Waals surface area contributed by atoms with E-state index in [1.54, 1.807) is 0 Å². The zero-order chi connectivity index (χ0) is 15.7. The summed E-state index contributed by atoms with van der Waals surface area (Å²) in [7, 11) is 0.